The van der Waals surface area contributed by atoms with Crippen molar-refractivity contribution in [3.05, 3.63) is 129 Å². The molecule has 0 saturated heterocycles. The Morgan fingerprint density at radius 3 is 2.55 bits per heavy atom. The standard InChI is InChI=1S/C29H26N6O3/c1-18-5-10-24-23(12-18)26(34-33-24)27(28(30)37)32-29(38)22-14-21(15-31-16-22)13-19-6-8-20(9-7-19)17-35-11-3-2-4-25(35)36/h2-12,14-16,27H,13,17H2,1H3,(H2,30,37)(H,32,38)(H,33,34). The predicted molar refractivity (Wildman–Crippen MR) is 144 cm³/mol. The molecular formula is C29H26N6O3. The van der Waals surface area contributed by atoms with E-state index >= 15 is 0 Å². The number of carbonyl (C=O) groups is 2. The van der Waals surface area contributed by atoms with Crippen molar-refractivity contribution in [1.29, 1.82) is 0 Å². The summed E-state index contributed by atoms with van der Waals surface area (Å²) in [6, 6.07) is 19.3. The monoisotopic (exact) mass is 506 g/mol. The van der Waals surface area contributed by atoms with Gasteiger partial charge in [0.1, 0.15) is 0 Å². The van der Waals surface area contributed by atoms with Gasteiger partial charge in [-0.05, 0) is 54.3 Å². The van der Waals surface area contributed by atoms with Crippen LogP contribution in [-0.2, 0) is 17.8 Å². The van der Waals surface area contributed by atoms with Gasteiger partial charge in [0.25, 0.3) is 11.5 Å². The van der Waals surface area contributed by atoms with Crippen LogP contribution in [0, 0.1) is 6.92 Å². The molecule has 0 saturated carbocycles. The number of carbonyl (C=O) groups excluding carboxylic acids is 2. The van der Waals surface area contributed by atoms with Crippen molar-refractivity contribution in [2.24, 2.45) is 5.73 Å². The first-order valence-electron chi connectivity index (χ1n) is 12.1. The second kappa shape index (κ2) is 10.5. The zero-order valence-corrected chi connectivity index (χ0v) is 20.7. The zero-order valence-electron chi connectivity index (χ0n) is 20.7. The molecule has 2 amide bonds. The second-order valence-electron chi connectivity index (χ2n) is 9.21. The summed E-state index contributed by atoms with van der Waals surface area (Å²) in [4.78, 5) is 41.6. The summed E-state index contributed by atoms with van der Waals surface area (Å²) in [6.07, 6.45) is 5.47. The van der Waals surface area contributed by atoms with Gasteiger partial charge >= 0.3 is 0 Å². The van der Waals surface area contributed by atoms with Gasteiger partial charge in [0.15, 0.2) is 6.04 Å². The Hall–Kier alpha value is -5.05. The van der Waals surface area contributed by atoms with Crippen LogP contribution in [0.1, 0.15) is 44.3 Å². The Morgan fingerprint density at radius 1 is 1.00 bits per heavy atom. The van der Waals surface area contributed by atoms with E-state index in [1.54, 1.807) is 29.1 Å². The van der Waals surface area contributed by atoms with E-state index in [-0.39, 0.29) is 5.56 Å². The quantitative estimate of drug-likeness (QED) is 0.297. The highest BCUT2D eigenvalue weighted by Crippen LogP contribution is 2.23. The fourth-order valence-electron chi connectivity index (χ4n) is 4.36. The summed E-state index contributed by atoms with van der Waals surface area (Å²) >= 11 is 0. The van der Waals surface area contributed by atoms with E-state index in [0.29, 0.717) is 29.7 Å². The molecule has 38 heavy (non-hydrogen) atoms. The number of fused-ring (bicyclic) bond motifs is 1. The molecule has 0 aliphatic heterocycles. The van der Waals surface area contributed by atoms with Gasteiger partial charge in [-0.15, -0.1) is 0 Å². The average Bonchev–Trinajstić information content (AvgIpc) is 3.32. The molecule has 1 unspecified atom stereocenters. The molecule has 1 atom stereocenters. The summed E-state index contributed by atoms with van der Waals surface area (Å²) in [7, 11) is 0. The van der Waals surface area contributed by atoms with Crippen molar-refractivity contribution in [3.63, 3.8) is 0 Å². The number of hydrogen-bond donors (Lipinski definition) is 3. The predicted octanol–water partition coefficient (Wildman–Crippen LogP) is 3.02. The first-order chi connectivity index (χ1) is 18.4. The van der Waals surface area contributed by atoms with E-state index in [9.17, 15) is 14.4 Å². The maximum Gasteiger partial charge on any atom is 0.253 e. The molecule has 4 N–H and O–H groups in total. The zero-order chi connectivity index (χ0) is 26.6. The van der Waals surface area contributed by atoms with E-state index < -0.39 is 17.9 Å². The normalized spacial score (nSPS) is 11.8. The van der Waals surface area contributed by atoms with Crippen LogP contribution >= 0.6 is 0 Å². The molecule has 9 heteroatoms. The van der Waals surface area contributed by atoms with Crippen molar-refractivity contribution in [1.82, 2.24) is 25.1 Å². The number of H-pyrrole nitrogens is 1. The third-order valence-corrected chi connectivity index (χ3v) is 6.33. The molecule has 190 valence electrons. The van der Waals surface area contributed by atoms with E-state index in [0.717, 1.165) is 27.6 Å². The van der Waals surface area contributed by atoms with Crippen LogP contribution in [0.25, 0.3) is 10.9 Å². The molecule has 0 radical (unpaired) electrons. The lowest BCUT2D eigenvalue weighted by Crippen LogP contribution is -2.38. The summed E-state index contributed by atoms with van der Waals surface area (Å²) in [5.41, 5.74) is 10.9. The van der Waals surface area contributed by atoms with Crippen LogP contribution in [0.3, 0.4) is 0 Å². The molecule has 3 aromatic heterocycles. The number of hydrogen-bond acceptors (Lipinski definition) is 5. The first kappa shape index (κ1) is 24.6. The molecule has 0 aliphatic rings. The Morgan fingerprint density at radius 2 is 1.79 bits per heavy atom. The number of aryl methyl sites for hydroxylation is 1. The van der Waals surface area contributed by atoms with Crippen molar-refractivity contribution in [3.8, 4) is 0 Å². The Labute approximate surface area is 218 Å². The van der Waals surface area contributed by atoms with Gasteiger partial charge in [-0.2, -0.15) is 5.10 Å². The third-order valence-electron chi connectivity index (χ3n) is 6.33. The maximum atomic E-state index is 13.1. The number of benzene rings is 2. The van der Waals surface area contributed by atoms with E-state index in [2.05, 4.69) is 20.5 Å². The third kappa shape index (κ3) is 5.36. The maximum absolute atomic E-state index is 13.1. The fourth-order valence-corrected chi connectivity index (χ4v) is 4.36. The second-order valence-corrected chi connectivity index (χ2v) is 9.21. The number of primary amides is 1. The lowest BCUT2D eigenvalue weighted by Gasteiger charge is -2.15. The number of rotatable bonds is 8. The highest BCUT2D eigenvalue weighted by Gasteiger charge is 2.25. The molecule has 2 aromatic carbocycles. The minimum Gasteiger partial charge on any atom is -0.368 e. The van der Waals surface area contributed by atoms with E-state index in [1.165, 1.54) is 12.3 Å². The smallest absolute Gasteiger partial charge is 0.253 e. The van der Waals surface area contributed by atoms with Crippen LogP contribution in [-0.4, -0.2) is 31.6 Å². The SMILES string of the molecule is Cc1ccc2n[nH]c(C(NC(=O)c3cncc(Cc4ccc(Cn5ccccc5=O)cc4)c3)C(N)=O)c2c1. The summed E-state index contributed by atoms with van der Waals surface area (Å²) in [6.45, 7) is 2.42. The van der Waals surface area contributed by atoms with Crippen LogP contribution in [0.4, 0.5) is 0 Å². The van der Waals surface area contributed by atoms with E-state index in [1.807, 2.05) is 55.5 Å². The van der Waals surface area contributed by atoms with Gasteiger partial charge in [-0.1, -0.05) is 42.0 Å². The van der Waals surface area contributed by atoms with Crippen molar-refractivity contribution in [2.75, 3.05) is 0 Å². The van der Waals surface area contributed by atoms with E-state index in [4.69, 9.17) is 5.73 Å². The van der Waals surface area contributed by atoms with Gasteiger partial charge in [0, 0.05) is 30.0 Å². The highest BCUT2D eigenvalue weighted by atomic mass is 16.2. The Bertz CT molecular complexity index is 1690. The summed E-state index contributed by atoms with van der Waals surface area (Å²) in [5.74, 6) is -1.17. The number of nitrogens with one attached hydrogen (secondary N) is 2. The molecule has 0 fully saturated rings. The van der Waals surface area contributed by atoms with Crippen LogP contribution in [0.2, 0.25) is 0 Å². The number of aromatic nitrogens is 4. The van der Waals surface area contributed by atoms with Crippen LogP contribution in [0.15, 0.2) is 90.1 Å². The van der Waals surface area contributed by atoms with Gasteiger partial charge in [-0.25, -0.2) is 0 Å². The minimum absolute atomic E-state index is 0.0489. The molecule has 5 aromatic rings. The Balaban J connectivity index is 1.30. The Kier molecular flexibility index (Phi) is 6.82. The fraction of sp³-hybridized carbons (Fsp3) is 0.138. The summed E-state index contributed by atoms with van der Waals surface area (Å²) < 4.78 is 1.65. The molecule has 0 spiro atoms. The molecule has 5 rings (SSSR count). The van der Waals surface area contributed by atoms with Crippen molar-refractivity contribution in [2.45, 2.75) is 25.9 Å². The molecule has 9 nitrogen and oxygen atoms in total. The average molecular weight is 507 g/mol. The lowest BCUT2D eigenvalue weighted by atomic mass is 10.0. The largest absolute Gasteiger partial charge is 0.368 e. The highest BCUT2D eigenvalue weighted by molar-refractivity contribution is 5.99. The van der Waals surface area contributed by atoms with Gasteiger partial charge in [-0.3, -0.25) is 24.5 Å². The minimum atomic E-state index is -1.08. The van der Waals surface area contributed by atoms with Gasteiger partial charge in [0.2, 0.25) is 5.91 Å². The number of nitrogens with zero attached hydrogens (tertiary/aromatic N) is 3. The molecule has 3 heterocycles. The number of pyridine rings is 2. The number of amides is 2. The lowest BCUT2D eigenvalue weighted by molar-refractivity contribution is -0.120. The molecule has 0 aliphatic carbocycles. The van der Waals surface area contributed by atoms with Crippen LogP contribution < -0.4 is 16.6 Å². The number of nitrogens with two attached hydrogens (primary N) is 1. The number of aromatic amines is 1. The van der Waals surface area contributed by atoms with Gasteiger partial charge in [0.05, 0.1) is 23.3 Å². The van der Waals surface area contributed by atoms with Crippen LogP contribution in [0.5, 0.6) is 0 Å². The van der Waals surface area contributed by atoms with Crippen molar-refractivity contribution >= 4 is 22.7 Å². The first-order valence-corrected chi connectivity index (χ1v) is 12.1. The van der Waals surface area contributed by atoms with Gasteiger partial charge < -0.3 is 15.6 Å². The molecule has 0 bridgehead atoms. The molecular weight excluding hydrogens is 480 g/mol. The topological polar surface area (TPSA) is 136 Å². The van der Waals surface area contributed by atoms with Crippen molar-refractivity contribution < 1.29 is 9.59 Å². The summed E-state index contributed by atoms with van der Waals surface area (Å²) in [5, 5.41) is 10.5.